The molecule has 4 rings (SSSR count). The summed E-state index contributed by atoms with van der Waals surface area (Å²) in [7, 11) is 1.78. The number of furan rings is 1. The van der Waals surface area contributed by atoms with Crippen LogP contribution in [0.2, 0.25) is 0 Å². The minimum atomic E-state index is -0.0212. The first kappa shape index (κ1) is 15.4. The third-order valence-electron chi connectivity index (χ3n) is 5.06. The molecule has 24 heavy (non-hydrogen) atoms. The highest BCUT2D eigenvalue weighted by molar-refractivity contribution is 5.93. The lowest BCUT2D eigenvalue weighted by Crippen LogP contribution is -2.62. The Hall–Kier alpha value is -2.12. The average molecular weight is 330 g/mol. The van der Waals surface area contributed by atoms with Gasteiger partial charge in [0.25, 0.3) is 5.91 Å². The van der Waals surface area contributed by atoms with Gasteiger partial charge in [-0.05, 0) is 25.0 Å². The van der Waals surface area contributed by atoms with Crippen molar-refractivity contribution in [3.8, 4) is 11.5 Å². The Morgan fingerprint density at radius 1 is 1.38 bits per heavy atom. The Bertz CT molecular complexity index is 683. The first-order valence-corrected chi connectivity index (χ1v) is 8.40. The van der Waals surface area contributed by atoms with Gasteiger partial charge in [0.15, 0.2) is 11.5 Å². The minimum Gasteiger partial charge on any atom is -0.463 e. The average Bonchev–Trinajstić information content (AvgIpc) is 3.25. The Morgan fingerprint density at radius 2 is 2.17 bits per heavy atom. The van der Waals surface area contributed by atoms with Gasteiger partial charge in [-0.2, -0.15) is 5.10 Å². The fourth-order valence-electron chi connectivity index (χ4n) is 3.48. The minimum absolute atomic E-state index is 0.0212. The molecule has 2 saturated heterocycles. The summed E-state index contributed by atoms with van der Waals surface area (Å²) in [5.41, 5.74) is 1.17. The molecule has 0 aromatic carbocycles. The molecule has 4 heterocycles. The van der Waals surface area contributed by atoms with E-state index in [0.29, 0.717) is 23.6 Å². The molecular weight excluding hydrogens is 308 g/mol. The van der Waals surface area contributed by atoms with Gasteiger partial charge in [-0.15, -0.1) is 0 Å². The van der Waals surface area contributed by atoms with Crippen LogP contribution < -0.4 is 0 Å². The molecule has 0 radical (unpaired) electrons. The van der Waals surface area contributed by atoms with E-state index in [-0.39, 0.29) is 5.91 Å². The number of ether oxygens (including phenoxy) is 1. The zero-order chi connectivity index (χ0) is 16.5. The Balaban J connectivity index is 1.31. The van der Waals surface area contributed by atoms with Gasteiger partial charge in [0.1, 0.15) is 5.69 Å². The first-order chi connectivity index (χ1) is 11.7. The van der Waals surface area contributed by atoms with Crippen LogP contribution in [0.4, 0.5) is 0 Å². The van der Waals surface area contributed by atoms with Gasteiger partial charge < -0.3 is 14.1 Å². The maximum Gasteiger partial charge on any atom is 0.274 e. The number of methoxy groups -OCH3 is 1. The van der Waals surface area contributed by atoms with Crippen LogP contribution in [0.15, 0.2) is 28.9 Å². The molecule has 2 aliphatic heterocycles. The summed E-state index contributed by atoms with van der Waals surface area (Å²) in [6.45, 7) is 3.66. The molecule has 128 valence electrons. The molecular formula is C17H22N4O3. The van der Waals surface area contributed by atoms with Crippen molar-refractivity contribution in [2.45, 2.75) is 25.0 Å². The summed E-state index contributed by atoms with van der Waals surface area (Å²) in [6.07, 6.45) is 4.15. The normalized spacial score (nSPS) is 20.3. The molecule has 0 aliphatic carbocycles. The third-order valence-corrected chi connectivity index (χ3v) is 5.06. The van der Waals surface area contributed by atoms with Crippen molar-refractivity contribution in [1.82, 2.24) is 20.0 Å². The second-order valence-corrected chi connectivity index (χ2v) is 6.48. The largest absolute Gasteiger partial charge is 0.463 e. The fourth-order valence-corrected chi connectivity index (χ4v) is 3.48. The van der Waals surface area contributed by atoms with Gasteiger partial charge in [-0.1, -0.05) is 0 Å². The molecule has 0 saturated carbocycles. The summed E-state index contributed by atoms with van der Waals surface area (Å²) in [5.74, 6) is 0.663. The van der Waals surface area contributed by atoms with E-state index in [1.165, 1.54) is 0 Å². The van der Waals surface area contributed by atoms with Crippen LogP contribution in [-0.4, -0.2) is 71.3 Å². The van der Waals surface area contributed by atoms with Crippen molar-refractivity contribution < 1.29 is 13.9 Å². The lowest BCUT2D eigenvalue weighted by Gasteiger charge is -2.47. The molecule has 0 bridgehead atoms. The summed E-state index contributed by atoms with van der Waals surface area (Å²) in [5, 5.41) is 6.99. The molecule has 2 fully saturated rings. The number of hydrogen-bond donors (Lipinski definition) is 1. The lowest BCUT2D eigenvalue weighted by molar-refractivity contribution is -0.0121. The highest BCUT2D eigenvalue weighted by atomic mass is 16.5. The van der Waals surface area contributed by atoms with E-state index in [9.17, 15) is 4.79 Å². The van der Waals surface area contributed by atoms with Crippen molar-refractivity contribution in [2.75, 3.05) is 33.3 Å². The van der Waals surface area contributed by atoms with Gasteiger partial charge in [0, 0.05) is 45.4 Å². The molecule has 1 amide bonds. The third kappa shape index (κ3) is 2.85. The fraction of sp³-hybridized carbons (Fsp3) is 0.529. The van der Waals surface area contributed by atoms with Crippen molar-refractivity contribution in [1.29, 1.82) is 0 Å². The van der Waals surface area contributed by atoms with Crippen LogP contribution in [0.3, 0.4) is 0 Å². The van der Waals surface area contributed by atoms with Crippen molar-refractivity contribution >= 4 is 5.91 Å². The molecule has 0 spiro atoms. The van der Waals surface area contributed by atoms with Crippen LogP contribution in [0.25, 0.3) is 11.5 Å². The number of H-pyrrole nitrogens is 1. The molecule has 2 aliphatic rings. The van der Waals surface area contributed by atoms with Crippen molar-refractivity contribution in [3.63, 3.8) is 0 Å². The molecule has 7 heteroatoms. The lowest BCUT2D eigenvalue weighted by atomic mass is 10.0. The number of carbonyl (C=O) groups is 1. The van der Waals surface area contributed by atoms with E-state index >= 15 is 0 Å². The van der Waals surface area contributed by atoms with Crippen molar-refractivity contribution in [3.05, 3.63) is 30.2 Å². The van der Waals surface area contributed by atoms with E-state index in [0.717, 1.165) is 44.7 Å². The number of nitrogens with zero attached hydrogens (tertiary/aromatic N) is 3. The second kappa shape index (κ2) is 6.41. The van der Waals surface area contributed by atoms with Gasteiger partial charge in [-0.3, -0.25) is 14.8 Å². The Labute approximate surface area is 140 Å². The van der Waals surface area contributed by atoms with E-state index in [1.807, 2.05) is 17.0 Å². The summed E-state index contributed by atoms with van der Waals surface area (Å²) < 4.78 is 10.7. The Kier molecular flexibility index (Phi) is 4.12. The van der Waals surface area contributed by atoms with Crippen LogP contribution >= 0.6 is 0 Å². The number of piperidine rings is 1. The first-order valence-electron chi connectivity index (χ1n) is 8.40. The molecule has 1 N–H and O–H groups in total. The highest BCUT2D eigenvalue weighted by Crippen LogP contribution is 2.24. The monoisotopic (exact) mass is 330 g/mol. The molecule has 0 unspecified atom stereocenters. The predicted octanol–water partition coefficient (Wildman–Crippen LogP) is 1.60. The number of hydrogen-bond acceptors (Lipinski definition) is 5. The van der Waals surface area contributed by atoms with E-state index in [4.69, 9.17) is 9.15 Å². The number of carbonyl (C=O) groups excluding carboxylic acids is 1. The van der Waals surface area contributed by atoms with Crippen LogP contribution in [0, 0.1) is 0 Å². The van der Waals surface area contributed by atoms with E-state index in [1.54, 1.807) is 19.4 Å². The van der Waals surface area contributed by atoms with Crippen LogP contribution in [-0.2, 0) is 4.74 Å². The van der Waals surface area contributed by atoms with Gasteiger partial charge in [0.2, 0.25) is 0 Å². The molecule has 2 aromatic heterocycles. The maximum absolute atomic E-state index is 12.5. The van der Waals surface area contributed by atoms with E-state index < -0.39 is 0 Å². The Morgan fingerprint density at radius 3 is 2.83 bits per heavy atom. The SMILES string of the molecule is COC1CCN(C2CN(C(=O)c3cc(-c4ccco4)[nH]n3)C2)CC1. The molecule has 7 nitrogen and oxygen atoms in total. The second-order valence-electron chi connectivity index (χ2n) is 6.48. The predicted molar refractivity (Wildman–Crippen MR) is 87.6 cm³/mol. The summed E-state index contributed by atoms with van der Waals surface area (Å²) in [4.78, 5) is 16.8. The number of likely N-dealkylation sites (tertiary alicyclic amines) is 2. The topological polar surface area (TPSA) is 74.6 Å². The number of aromatic amines is 1. The van der Waals surface area contributed by atoms with Crippen molar-refractivity contribution in [2.24, 2.45) is 0 Å². The smallest absolute Gasteiger partial charge is 0.274 e. The van der Waals surface area contributed by atoms with Gasteiger partial charge in [0.05, 0.1) is 12.4 Å². The van der Waals surface area contributed by atoms with E-state index in [2.05, 4.69) is 15.1 Å². The van der Waals surface area contributed by atoms with Crippen LogP contribution in [0.5, 0.6) is 0 Å². The molecule has 0 atom stereocenters. The highest BCUT2D eigenvalue weighted by Gasteiger charge is 2.37. The quantitative estimate of drug-likeness (QED) is 0.922. The summed E-state index contributed by atoms with van der Waals surface area (Å²) >= 11 is 0. The number of nitrogens with one attached hydrogen (secondary N) is 1. The maximum atomic E-state index is 12.5. The number of rotatable bonds is 4. The zero-order valence-corrected chi connectivity index (χ0v) is 13.8. The molecule has 2 aromatic rings. The number of amides is 1. The number of aromatic nitrogens is 2. The van der Waals surface area contributed by atoms with Gasteiger partial charge in [-0.25, -0.2) is 0 Å². The summed E-state index contributed by atoms with van der Waals surface area (Å²) in [6, 6.07) is 5.86. The zero-order valence-electron chi connectivity index (χ0n) is 13.8. The van der Waals surface area contributed by atoms with Gasteiger partial charge >= 0.3 is 0 Å². The standard InChI is InChI=1S/C17H22N4O3/c1-23-13-4-6-20(7-5-13)12-10-21(11-12)17(22)15-9-14(18-19-15)16-3-2-8-24-16/h2-3,8-9,12-13H,4-7,10-11H2,1H3,(H,18,19). The van der Waals surface area contributed by atoms with Crippen LogP contribution in [0.1, 0.15) is 23.3 Å².